The second kappa shape index (κ2) is 45.2. The van der Waals surface area contributed by atoms with Gasteiger partial charge in [0.05, 0.1) is 89.6 Å². The first-order chi connectivity index (χ1) is 64.8. The molecule has 1 aliphatic heterocycles. The van der Waals surface area contributed by atoms with Gasteiger partial charge in [0, 0.05) is 5.56 Å². The van der Waals surface area contributed by atoms with Crippen molar-refractivity contribution in [3.63, 3.8) is 0 Å². The molecule has 0 spiro atoms. The van der Waals surface area contributed by atoms with Gasteiger partial charge in [0.25, 0.3) is 0 Å². The number of aromatic nitrogens is 12. The van der Waals surface area contributed by atoms with Gasteiger partial charge in [0.2, 0.25) is 0 Å². The summed E-state index contributed by atoms with van der Waals surface area (Å²) in [6, 6.07) is 38.6. The predicted molar refractivity (Wildman–Crippen MR) is 509 cm³/mol. The molecule has 0 bridgehead atoms. The number of fused-ring (bicyclic) bond motifs is 3. The Morgan fingerprint density at radius 1 is 0.440 bits per heavy atom. The van der Waals surface area contributed by atoms with Crippen molar-refractivity contribution in [3.8, 4) is 40.6 Å². The van der Waals surface area contributed by atoms with Crippen LogP contribution in [0.25, 0.3) is 44.6 Å². The number of ether oxygens (including phenoxy) is 7. The Labute approximate surface area is 804 Å². The number of anilines is 4. The number of amidine groups is 1. The van der Waals surface area contributed by atoms with E-state index in [-0.39, 0.29) is 88.0 Å². The maximum atomic E-state index is 13.4. The van der Waals surface area contributed by atoms with Crippen LogP contribution in [0.4, 0.5) is 91.2 Å². The monoisotopic (exact) mass is 1950 g/mol. The highest BCUT2D eigenvalue weighted by molar-refractivity contribution is 6.17. The van der Waals surface area contributed by atoms with Crippen LogP contribution in [-0.4, -0.2) is 156 Å². The smallest absolute Gasteiger partial charge is 0.435 e. The minimum atomic E-state index is -1.12. The van der Waals surface area contributed by atoms with Crippen molar-refractivity contribution in [3.05, 3.63) is 271 Å². The van der Waals surface area contributed by atoms with Crippen LogP contribution in [0.2, 0.25) is 0 Å². The summed E-state index contributed by atoms with van der Waals surface area (Å²) < 4.78 is 96.5. The topological polar surface area (TPSA) is 551 Å². The number of halogens is 4. The van der Waals surface area contributed by atoms with Crippen molar-refractivity contribution in [2.45, 2.75) is 187 Å². The summed E-state index contributed by atoms with van der Waals surface area (Å²) >= 11 is 0. The fraction of sp³-hybridized carbons (Fsp3) is 0.298. The van der Waals surface area contributed by atoms with Crippen LogP contribution in [0.5, 0.6) is 5.75 Å². The number of nitro groups is 3. The molecule has 13 aromatic rings. The lowest BCUT2D eigenvalue weighted by atomic mass is 10.1. The zero-order chi connectivity index (χ0) is 103. The molecule has 5 amide bonds. The number of aliphatic imine (C=N–C) groups is 1. The van der Waals surface area contributed by atoms with Crippen molar-refractivity contribution < 1.29 is 99.1 Å². The van der Waals surface area contributed by atoms with E-state index in [4.69, 9.17) is 55.1 Å². The maximum absolute atomic E-state index is 13.4. The first-order valence-electron chi connectivity index (χ1n) is 41.5. The van der Waals surface area contributed by atoms with Crippen LogP contribution in [0.3, 0.4) is 0 Å². The molecule has 14 rings (SSSR count). The molecular weight excluding hydrogens is 1850 g/mol. The van der Waals surface area contributed by atoms with Gasteiger partial charge in [-0.2, -0.15) is 50.1 Å². The standard InChI is InChI=1S/C25H32N6O8.C25H34N6O6.C14H12FNO2.C11H9N5O2.C10H5FN4O2.C7H3F2N.2CH4/c1-23(2,3)37-20(32)29(21(33)38-24(4,5)6)19-18-16(28-14-15(13-26-28)31(35)36)11-10-12-17(18)30(27-19)22(34)39-25(7,8)9;1-23(2,3)35-20(32)30(21(33)36-24(4,5)6)19-18-16(29-14-15(26)13-27-29)11-10-12-17(18)31(28-19)22(34)37-25(7,8)9;1-10-7-8-12(15)13(9-10)16-14(17)18-11-5-3-2-4-6-11;12-11-10-7(4-13-11)2-1-3-9(10)15-6-8(5-14-15)16(17)18;11-9-2-1-3-10(8(9)4-12)14-6-7(5-13-14)15(16)17;8-6-2-1-3-7(9)5(6)4-10;;/h10-14H,1-9H3;10-14H,26H2,1-9H3;2-9H,1H3,(H,16,17);1-3,5-6H,4H2,(H2,12,13);1-3,5-6H;1-3H;2*1H4. The zero-order valence-corrected chi connectivity index (χ0v) is 78.4. The number of nitrogen functional groups attached to an aromatic ring is 1. The molecular formula is C94H103F4N23O20. The van der Waals surface area contributed by atoms with E-state index in [0.29, 0.717) is 45.0 Å². The lowest BCUT2D eigenvalue weighted by Crippen LogP contribution is -2.44. The van der Waals surface area contributed by atoms with Crippen LogP contribution >= 0.6 is 0 Å². The molecule has 47 heteroatoms. The van der Waals surface area contributed by atoms with Crippen molar-refractivity contribution in [1.29, 1.82) is 10.5 Å². The fourth-order valence-corrected chi connectivity index (χ4v) is 12.0. The SMILES string of the molecule is C.C.CC(C)(C)OC(=O)N(C(=O)OC(C)(C)C)c1nn(C(=O)OC(C)(C)C)c2cccc(-n3cc(N)cn3)c12.CC(C)(C)OC(=O)N(C(=O)OC(C)(C)C)c1nn(C(=O)OC(C)(C)C)c2cccc(-n3cc([N+](=O)[O-])cn3)c12.Cc1ccc(F)c(NC(=O)Oc2ccccc2)c1.N#Cc1c(F)cccc1-n1cc([N+](=O)[O-])cn1.N#Cc1c(F)cccc1F.NC1=NCc2cccc(-n3cc([N+](=O)[O-])cn3)c21. The summed E-state index contributed by atoms with van der Waals surface area (Å²) in [5.41, 5.74) is 9.76. The Kier molecular flexibility index (Phi) is 35.3. The summed E-state index contributed by atoms with van der Waals surface area (Å²) in [6.07, 6.45) is 3.18. The lowest BCUT2D eigenvalue weighted by Gasteiger charge is -2.27. The van der Waals surface area contributed by atoms with Crippen molar-refractivity contribution in [1.82, 2.24) is 58.7 Å². The zero-order valence-electron chi connectivity index (χ0n) is 78.4. The van der Waals surface area contributed by atoms with Gasteiger partial charge in [-0.15, -0.1) is 10.2 Å². The number of hydrogen-bond donors (Lipinski definition) is 3. The van der Waals surface area contributed by atoms with E-state index in [0.717, 1.165) is 73.7 Å². The molecule has 7 aromatic carbocycles. The van der Waals surface area contributed by atoms with Gasteiger partial charge in [0.1, 0.15) is 129 Å². The van der Waals surface area contributed by atoms with Crippen LogP contribution in [-0.2, 0) is 35.0 Å². The summed E-state index contributed by atoms with van der Waals surface area (Å²) in [6.45, 7) is 32.1. The summed E-state index contributed by atoms with van der Waals surface area (Å²) in [5, 5.41) is 76.8. The van der Waals surface area contributed by atoms with Crippen LogP contribution in [0, 0.1) is 83.2 Å². The van der Waals surface area contributed by atoms with Gasteiger partial charge in [-0.3, -0.25) is 40.7 Å². The highest BCUT2D eigenvalue weighted by atomic mass is 19.1. The van der Waals surface area contributed by atoms with Crippen molar-refractivity contribution >= 4 is 110 Å². The van der Waals surface area contributed by atoms with E-state index in [1.165, 1.54) is 75.1 Å². The Morgan fingerprint density at radius 2 is 0.794 bits per heavy atom. The number of benzene rings is 7. The van der Waals surface area contributed by atoms with Gasteiger partial charge in [-0.25, -0.2) is 69.9 Å². The third-order valence-corrected chi connectivity index (χ3v) is 17.4. The minimum Gasteiger partial charge on any atom is -0.443 e. The predicted octanol–water partition coefficient (Wildman–Crippen LogP) is 20.5. The van der Waals surface area contributed by atoms with Gasteiger partial charge in [-0.05, 0) is 222 Å². The molecule has 0 fully saturated rings. The summed E-state index contributed by atoms with van der Waals surface area (Å²) in [5.74, 6) is -2.50. The largest absolute Gasteiger partial charge is 0.443 e. The highest BCUT2D eigenvalue weighted by Crippen LogP contribution is 2.38. The minimum absolute atomic E-state index is 0. The van der Waals surface area contributed by atoms with Gasteiger partial charge in [0.15, 0.2) is 11.6 Å². The molecule has 742 valence electrons. The molecule has 0 atom stereocenters. The Morgan fingerprint density at radius 3 is 1.17 bits per heavy atom. The summed E-state index contributed by atoms with van der Waals surface area (Å²) in [4.78, 5) is 128. The molecule has 0 radical (unpaired) electrons. The number of hydrogen-bond acceptors (Lipinski definition) is 31. The average molecular weight is 1950 g/mol. The number of amides is 5. The second-order valence-electron chi connectivity index (χ2n) is 35.6. The molecule has 141 heavy (non-hydrogen) atoms. The molecule has 7 heterocycles. The Balaban J connectivity index is 0.000000242. The quantitative estimate of drug-likeness (QED) is 0.0468. The number of carbonyl (C=O) groups excluding carboxylic acids is 7. The molecule has 0 aliphatic carbocycles. The van der Waals surface area contributed by atoms with Crippen molar-refractivity contribution in [2.24, 2.45) is 10.7 Å². The van der Waals surface area contributed by atoms with E-state index in [9.17, 15) is 81.5 Å². The molecule has 5 N–H and O–H groups in total. The van der Waals surface area contributed by atoms with Crippen LogP contribution < -0.4 is 31.3 Å². The number of nitriles is 2. The highest BCUT2D eigenvalue weighted by Gasteiger charge is 2.41. The van der Waals surface area contributed by atoms with E-state index < -0.39 is 120 Å². The van der Waals surface area contributed by atoms with E-state index >= 15 is 0 Å². The third-order valence-electron chi connectivity index (χ3n) is 17.4. The van der Waals surface area contributed by atoms with E-state index in [1.807, 2.05) is 31.2 Å². The Hall–Kier alpha value is -17.8. The lowest BCUT2D eigenvalue weighted by molar-refractivity contribution is -0.385. The number of nitrogens with one attached hydrogen (secondary N) is 1. The van der Waals surface area contributed by atoms with Crippen molar-refractivity contribution in [2.75, 3.05) is 20.9 Å². The van der Waals surface area contributed by atoms with E-state index in [2.05, 4.69) is 40.9 Å². The number of nitrogens with zero attached hydrogens (tertiary/aromatic N) is 20. The summed E-state index contributed by atoms with van der Waals surface area (Å²) in [7, 11) is 0. The molecule has 43 nitrogen and oxygen atoms in total. The molecule has 0 unspecified atom stereocenters. The van der Waals surface area contributed by atoms with Crippen LogP contribution in [0.1, 0.15) is 167 Å². The first kappa shape index (κ1) is 110. The number of aryl methyl sites for hydroxylation is 1. The normalized spacial score (nSPS) is 11.4. The first-order valence-corrected chi connectivity index (χ1v) is 41.5. The third kappa shape index (κ3) is 29.6. The van der Waals surface area contributed by atoms with Gasteiger partial charge >= 0.3 is 59.7 Å². The van der Waals surface area contributed by atoms with Crippen LogP contribution in [0.15, 0.2) is 194 Å². The number of para-hydroxylation sites is 1. The molecule has 1 aliphatic rings. The number of carbonyl (C=O) groups is 7. The molecule has 6 aromatic heterocycles. The number of imide groups is 2. The second-order valence-corrected chi connectivity index (χ2v) is 35.6. The molecule has 0 saturated carbocycles. The molecule has 0 saturated heterocycles. The number of rotatable bonds is 11. The average Bonchev–Trinajstić information content (AvgIpc) is 1.60. The Bertz CT molecular complexity index is 6870. The van der Waals surface area contributed by atoms with Gasteiger partial charge < -0.3 is 44.6 Å². The fourth-order valence-electron chi connectivity index (χ4n) is 12.0. The maximum Gasteiger partial charge on any atom is 0.435 e. The van der Waals surface area contributed by atoms with Gasteiger partial charge in [-0.1, -0.05) is 75.5 Å². The number of nitrogens with two attached hydrogens (primary N) is 2. The van der Waals surface area contributed by atoms with E-state index in [1.54, 1.807) is 198 Å².